The molecule has 6 nitrogen and oxygen atoms in total. The molecule has 2 aromatic heterocycles. The van der Waals surface area contributed by atoms with E-state index >= 15 is 0 Å². The molecule has 23 heavy (non-hydrogen) atoms. The molecular formula is C17H13N5O. The van der Waals surface area contributed by atoms with Crippen LogP contribution >= 0.6 is 0 Å². The molecule has 1 aliphatic rings. The summed E-state index contributed by atoms with van der Waals surface area (Å²) in [5.41, 5.74) is 9.35. The number of aromatic nitrogens is 2. The van der Waals surface area contributed by atoms with Gasteiger partial charge in [0.15, 0.2) is 0 Å². The van der Waals surface area contributed by atoms with E-state index in [1.807, 2.05) is 30.5 Å². The van der Waals surface area contributed by atoms with Crippen LogP contribution in [0.3, 0.4) is 0 Å². The molecule has 4 rings (SSSR count). The van der Waals surface area contributed by atoms with Crippen LogP contribution in [0.4, 0.5) is 5.82 Å². The summed E-state index contributed by atoms with van der Waals surface area (Å²) in [5, 5.41) is 11.2. The average molecular weight is 303 g/mol. The van der Waals surface area contributed by atoms with Gasteiger partial charge < -0.3 is 16.0 Å². The number of rotatable bonds is 2. The largest absolute Gasteiger partial charge is 0.384 e. The van der Waals surface area contributed by atoms with Gasteiger partial charge in [0.25, 0.3) is 5.91 Å². The van der Waals surface area contributed by atoms with Crippen molar-refractivity contribution in [2.45, 2.75) is 0 Å². The van der Waals surface area contributed by atoms with Gasteiger partial charge in [-0.25, -0.2) is 4.98 Å². The van der Waals surface area contributed by atoms with Gasteiger partial charge in [0.2, 0.25) is 0 Å². The summed E-state index contributed by atoms with van der Waals surface area (Å²) in [5.74, 6) is 0.420. The van der Waals surface area contributed by atoms with E-state index in [0.717, 1.165) is 22.0 Å². The van der Waals surface area contributed by atoms with Gasteiger partial charge in [-0.1, -0.05) is 0 Å². The molecule has 0 saturated heterocycles. The third-order valence-corrected chi connectivity index (χ3v) is 3.90. The molecular weight excluding hydrogens is 290 g/mol. The fourth-order valence-corrected chi connectivity index (χ4v) is 2.75. The van der Waals surface area contributed by atoms with Gasteiger partial charge in [-0.2, -0.15) is 0 Å². The topological polar surface area (TPSA) is 108 Å². The van der Waals surface area contributed by atoms with Crippen molar-refractivity contribution in [3.63, 3.8) is 0 Å². The highest BCUT2D eigenvalue weighted by molar-refractivity contribution is 6.34. The fourth-order valence-electron chi connectivity index (χ4n) is 2.75. The summed E-state index contributed by atoms with van der Waals surface area (Å²) in [4.78, 5) is 19.5. The van der Waals surface area contributed by atoms with Crippen LogP contribution in [0.2, 0.25) is 0 Å². The number of nitrogens with one attached hydrogen (secondary N) is 3. The Morgan fingerprint density at radius 2 is 2.17 bits per heavy atom. The van der Waals surface area contributed by atoms with Crippen LogP contribution in [-0.2, 0) is 4.79 Å². The molecule has 1 aliphatic heterocycles. The Labute approximate surface area is 131 Å². The number of hydrogen-bond acceptors (Lipinski definition) is 3. The lowest BCUT2D eigenvalue weighted by Gasteiger charge is -2.00. The second-order valence-electron chi connectivity index (χ2n) is 5.33. The normalized spacial score (nSPS) is 15.0. The number of aromatic amines is 1. The number of benzene rings is 1. The Bertz CT molecular complexity index is 999. The van der Waals surface area contributed by atoms with Crippen molar-refractivity contribution in [2.24, 2.45) is 5.73 Å². The third kappa shape index (κ3) is 2.08. The Morgan fingerprint density at radius 3 is 3.00 bits per heavy atom. The average Bonchev–Trinajstić information content (AvgIpc) is 3.09. The van der Waals surface area contributed by atoms with Crippen molar-refractivity contribution in [2.75, 3.05) is 5.32 Å². The van der Waals surface area contributed by atoms with Crippen molar-refractivity contribution < 1.29 is 4.79 Å². The first-order valence-electron chi connectivity index (χ1n) is 7.07. The monoisotopic (exact) mass is 303 g/mol. The predicted molar refractivity (Wildman–Crippen MR) is 90.1 cm³/mol. The van der Waals surface area contributed by atoms with Gasteiger partial charge in [0.1, 0.15) is 11.7 Å². The lowest BCUT2D eigenvalue weighted by molar-refractivity contribution is -0.110. The molecule has 1 aromatic carbocycles. The lowest BCUT2D eigenvalue weighted by Crippen LogP contribution is -2.10. The molecule has 3 aromatic rings. The van der Waals surface area contributed by atoms with Gasteiger partial charge in [-0.3, -0.25) is 10.2 Å². The second kappa shape index (κ2) is 4.81. The molecule has 0 atom stereocenters. The van der Waals surface area contributed by atoms with E-state index in [-0.39, 0.29) is 11.7 Å². The first-order chi connectivity index (χ1) is 11.1. The van der Waals surface area contributed by atoms with Crippen molar-refractivity contribution >= 4 is 40.1 Å². The smallest absolute Gasteiger partial charge is 0.257 e. The number of nitrogen functional groups attached to an aromatic ring is 1. The molecule has 1 amide bonds. The van der Waals surface area contributed by atoms with Gasteiger partial charge in [0.05, 0.1) is 5.57 Å². The highest BCUT2D eigenvalue weighted by atomic mass is 16.2. The summed E-state index contributed by atoms with van der Waals surface area (Å²) in [7, 11) is 0. The molecule has 112 valence electrons. The van der Waals surface area contributed by atoms with Crippen LogP contribution < -0.4 is 11.1 Å². The van der Waals surface area contributed by atoms with E-state index < -0.39 is 0 Å². The zero-order valence-corrected chi connectivity index (χ0v) is 12.1. The van der Waals surface area contributed by atoms with Crippen LogP contribution in [-0.4, -0.2) is 21.7 Å². The quantitative estimate of drug-likeness (QED) is 0.331. The number of H-pyrrole nitrogens is 1. The number of amidine groups is 1. The Hall–Kier alpha value is -3.41. The molecule has 3 heterocycles. The maximum Gasteiger partial charge on any atom is 0.257 e. The zero-order chi connectivity index (χ0) is 16.0. The van der Waals surface area contributed by atoms with Gasteiger partial charge in [-0.15, -0.1) is 0 Å². The van der Waals surface area contributed by atoms with Crippen LogP contribution in [0.15, 0.2) is 42.7 Å². The van der Waals surface area contributed by atoms with Gasteiger partial charge in [-0.05, 0) is 36.4 Å². The molecule has 0 unspecified atom stereocenters. The van der Waals surface area contributed by atoms with E-state index in [1.54, 1.807) is 18.3 Å². The maximum absolute atomic E-state index is 12.2. The van der Waals surface area contributed by atoms with Crippen LogP contribution in [0, 0.1) is 5.41 Å². The minimum atomic E-state index is -0.171. The van der Waals surface area contributed by atoms with Crippen molar-refractivity contribution in [1.82, 2.24) is 9.97 Å². The Kier molecular flexibility index (Phi) is 2.77. The number of nitrogens with two attached hydrogens (primary N) is 1. The zero-order valence-electron chi connectivity index (χ0n) is 12.1. The van der Waals surface area contributed by atoms with E-state index in [0.29, 0.717) is 17.0 Å². The number of carbonyl (C=O) groups is 1. The van der Waals surface area contributed by atoms with Crippen LogP contribution in [0.1, 0.15) is 16.7 Å². The van der Waals surface area contributed by atoms with Crippen molar-refractivity contribution in [3.8, 4) is 0 Å². The maximum atomic E-state index is 12.2. The highest BCUT2D eigenvalue weighted by Gasteiger charge is 2.25. The fraction of sp³-hybridized carbons (Fsp3) is 0. The molecule has 0 fully saturated rings. The first kappa shape index (κ1) is 13.3. The third-order valence-electron chi connectivity index (χ3n) is 3.90. The van der Waals surface area contributed by atoms with Gasteiger partial charge >= 0.3 is 0 Å². The molecule has 5 N–H and O–H groups in total. The van der Waals surface area contributed by atoms with E-state index in [4.69, 9.17) is 11.1 Å². The number of carbonyl (C=O) groups excluding carboxylic acids is 1. The minimum absolute atomic E-state index is 0.0138. The number of hydrogen-bond donors (Lipinski definition) is 4. The number of amides is 1. The summed E-state index contributed by atoms with van der Waals surface area (Å²) >= 11 is 0. The SMILES string of the molecule is N=C(N)c1ccc2[nH]cc(C=C3C(=O)Nc4ncccc43)c2c1. The number of anilines is 1. The molecule has 0 bridgehead atoms. The summed E-state index contributed by atoms with van der Waals surface area (Å²) < 4.78 is 0. The lowest BCUT2D eigenvalue weighted by atomic mass is 10.0. The van der Waals surface area contributed by atoms with Crippen molar-refractivity contribution in [3.05, 3.63) is 59.4 Å². The minimum Gasteiger partial charge on any atom is -0.384 e. The second-order valence-corrected chi connectivity index (χ2v) is 5.33. The predicted octanol–water partition coefficient (Wildman–Crippen LogP) is 2.34. The number of nitrogens with zero attached hydrogens (tertiary/aromatic N) is 1. The number of pyridine rings is 1. The van der Waals surface area contributed by atoms with Gasteiger partial charge in [0, 0.05) is 40.0 Å². The van der Waals surface area contributed by atoms with E-state index in [9.17, 15) is 4.79 Å². The molecule has 6 heteroatoms. The van der Waals surface area contributed by atoms with Crippen molar-refractivity contribution in [1.29, 1.82) is 5.41 Å². The molecule has 0 aliphatic carbocycles. The molecule has 0 saturated carbocycles. The molecule has 0 radical (unpaired) electrons. The Morgan fingerprint density at radius 1 is 1.30 bits per heavy atom. The summed E-state index contributed by atoms with van der Waals surface area (Å²) in [6.45, 7) is 0. The van der Waals surface area contributed by atoms with E-state index in [1.165, 1.54) is 0 Å². The first-order valence-corrected chi connectivity index (χ1v) is 7.07. The standard InChI is InChI=1S/C17H13N5O/c18-15(19)9-3-4-14-12(6-9)10(8-21-14)7-13-11-2-1-5-20-16(11)22-17(13)23/h1-8,21H,(H3,18,19)(H,20,22,23). The Balaban J connectivity index is 1.88. The summed E-state index contributed by atoms with van der Waals surface area (Å²) in [6, 6.07) is 9.17. The summed E-state index contributed by atoms with van der Waals surface area (Å²) in [6.07, 6.45) is 5.31. The van der Waals surface area contributed by atoms with E-state index in [2.05, 4.69) is 15.3 Å². The number of fused-ring (bicyclic) bond motifs is 2. The highest BCUT2D eigenvalue weighted by Crippen LogP contribution is 2.32. The van der Waals surface area contributed by atoms with Crippen LogP contribution in [0.25, 0.3) is 22.6 Å². The molecule has 0 spiro atoms. The van der Waals surface area contributed by atoms with Crippen LogP contribution in [0.5, 0.6) is 0 Å².